The number of nitro groups is 1. The van der Waals surface area contributed by atoms with Crippen molar-refractivity contribution in [1.82, 2.24) is 0 Å². The van der Waals surface area contributed by atoms with Gasteiger partial charge in [-0.1, -0.05) is 0 Å². The molecule has 4 N–H and O–H groups in total. The SMILES string of the molecule is NC(=O)Nc1cc(C(=O)O)ccc1[N+](=O)[O-]. The number of nitrogens with two attached hydrogens (primary N) is 1. The second-order valence-corrected chi connectivity index (χ2v) is 2.78. The first-order valence-electron chi connectivity index (χ1n) is 4.00. The normalized spacial score (nSPS) is 9.50. The molecule has 84 valence electrons. The van der Waals surface area contributed by atoms with Gasteiger partial charge in [-0.3, -0.25) is 10.1 Å². The third kappa shape index (κ3) is 2.44. The largest absolute Gasteiger partial charge is 0.478 e. The molecule has 0 saturated carbocycles. The Labute approximate surface area is 88.8 Å². The molecule has 0 aliphatic carbocycles. The summed E-state index contributed by atoms with van der Waals surface area (Å²) in [6.45, 7) is 0. The number of amides is 2. The van der Waals surface area contributed by atoms with Gasteiger partial charge in [0.2, 0.25) is 0 Å². The van der Waals surface area contributed by atoms with Crippen LogP contribution in [-0.4, -0.2) is 22.0 Å². The molecule has 1 aromatic carbocycles. The van der Waals surface area contributed by atoms with Gasteiger partial charge >= 0.3 is 12.0 Å². The molecule has 0 unspecified atom stereocenters. The number of carboxylic acid groups (broad SMARTS) is 1. The number of carbonyl (C=O) groups is 2. The first-order valence-corrected chi connectivity index (χ1v) is 4.00. The number of anilines is 1. The van der Waals surface area contributed by atoms with E-state index >= 15 is 0 Å². The van der Waals surface area contributed by atoms with E-state index in [0.29, 0.717) is 0 Å². The molecule has 0 heterocycles. The average molecular weight is 225 g/mol. The van der Waals surface area contributed by atoms with Gasteiger partial charge in [-0.25, -0.2) is 9.59 Å². The molecule has 0 bridgehead atoms. The molecule has 8 nitrogen and oxygen atoms in total. The van der Waals surface area contributed by atoms with Crippen LogP contribution in [0.15, 0.2) is 18.2 Å². The summed E-state index contributed by atoms with van der Waals surface area (Å²) in [4.78, 5) is 31.0. The van der Waals surface area contributed by atoms with Gasteiger partial charge in [0.25, 0.3) is 5.69 Å². The number of carboxylic acids is 1. The fourth-order valence-corrected chi connectivity index (χ4v) is 1.06. The Morgan fingerprint density at radius 3 is 2.50 bits per heavy atom. The lowest BCUT2D eigenvalue weighted by Crippen LogP contribution is -2.20. The number of nitrogens with zero attached hydrogens (tertiary/aromatic N) is 1. The zero-order chi connectivity index (χ0) is 12.3. The quantitative estimate of drug-likeness (QED) is 0.515. The highest BCUT2D eigenvalue weighted by Gasteiger charge is 2.17. The third-order valence-electron chi connectivity index (χ3n) is 1.70. The first-order chi connectivity index (χ1) is 7.41. The number of urea groups is 1. The summed E-state index contributed by atoms with van der Waals surface area (Å²) in [6, 6.07) is 2.00. The average Bonchev–Trinajstić information content (AvgIpc) is 2.15. The van der Waals surface area contributed by atoms with Crippen LogP contribution >= 0.6 is 0 Å². The molecule has 1 aromatic rings. The predicted octanol–water partition coefficient (Wildman–Crippen LogP) is 0.784. The van der Waals surface area contributed by atoms with Gasteiger partial charge in [-0.05, 0) is 12.1 Å². The molecule has 0 spiro atoms. The van der Waals surface area contributed by atoms with Crippen LogP contribution < -0.4 is 11.1 Å². The molecule has 2 amide bonds. The van der Waals surface area contributed by atoms with Crippen molar-refractivity contribution < 1.29 is 19.6 Å². The van der Waals surface area contributed by atoms with Gasteiger partial charge in [0.05, 0.1) is 10.5 Å². The Kier molecular flexibility index (Phi) is 3.04. The number of hydrogen-bond acceptors (Lipinski definition) is 4. The summed E-state index contributed by atoms with van der Waals surface area (Å²) in [5.74, 6) is -1.26. The molecule has 0 radical (unpaired) electrons. The highest BCUT2D eigenvalue weighted by atomic mass is 16.6. The summed E-state index contributed by atoms with van der Waals surface area (Å²) in [5, 5.41) is 21.2. The number of primary amides is 1. The van der Waals surface area contributed by atoms with E-state index in [0.717, 1.165) is 18.2 Å². The molecule has 0 fully saturated rings. The second-order valence-electron chi connectivity index (χ2n) is 2.78. The van der Waals surface area contributed by atoms with Crippen LogP contribution in [0.25, 0.3) is 0 Å². The zero-order valence-corrected chi connectivity index (χ0v) is 7.84. The van der Waals surface area contributed by atoms with E-state index in [9.17, 15) is 19.7 Å². The predicted molar refractivity (Wildman–Crippen MR) is 53.3 cm³/mol. The van der Waals surface area contributed by atoms with Gasteiger partial charge in [-0.2, -0.15) is 0 Å². The van der Waals surface area contributed by atoms with Crippen LogP contribution in [-0.2, 0) is 0 Å². The molecule has 0 atom stereocenters. The maximum atomic E-state index is 10.6. The minimum Gasteiger partial charge on any atom is -0.478 e. The molecular weight excluding hydrogens is 218 g/mol. The molecule has 8 heteroatoms. The van der Waals surface area contributed by atoms with Gasteiger partial charge < -0.3 is 16.2 Å². The van der Waals surface area contributed by atoms with Crippen LogP contribution in [0.4, 0.5) is 16.2 Å². The Morgan fingerprint density at radius 2 is 2.06 bits per heavy atom. The molecule has 0 saturated heterocycles. The van der Waals surface area contributed by atoms with Gasteiger partial charge in [-0.15, -0.1) is 0 Å². The number of carbonyl (C=O) groups excluding carboxylic acids is 1. The highest BCUT2D eigenvalue weighted by molar-refractivity contribution is 5.95. The number of rotatable bonds is 3. The van der Waals surface area contributed by atoms with Crippen molar-refractivity contribution in [3.63, 3.8) is 0 Å². The van der Waals surface area contributed by atoms with Gasteiger partial charge in [0, 0.05) is 6.07 Å². The van der Waals surface area contributed by atoms with E-state index in [4.69, 9.17) is 10.8 Å². The molecule has 1 rings (SSSR count). The van der Waals surface area contributed by atoms with Crippen LogP contribution in [0.1, 0.15) is 10.4 Å². The molecule has 0 aromatic heterocycles. The lowest BCUT2D eigenvalue weighted by molar-refractivity contribution is -0.383. The fourth-order valence-electron chi connectivity index (χ4n) is 1.06. The van der Waals surface area contributed by atoms with E-state index in [-0.39, 0.29) is 11.3 Å². The fraction of sp³-hybridized carbons (Fsp3) is 0. The first kappa shape index (κ1) is 11.4. The third-order valence-corrected chi connectivity index (χ3v) is 1.70. The molecule has 16 heavy (non-hydrogen) atoms. The van der Waals surface area contributed by atoms with E-state index in [1.165, 1.54) is 0 Å². The van der Waals surface area contributed by atoms with E-state index in [2.05, 4.69) is 0 Å². The van der Waals surface area contributed by atoms with Crippen molar-refractivity contribution in [2.45, 2.75) is 0 Å². The van der Waals surface area contributed by atoms with Crippen LogP contribution in [0, 0.1) is 10.1 Å². The lowest BCUT2D eigenvalue weighted by Gasteiger charge is -2.03. The van der Waals surface area contributed by atoms with Crippen molar-refractivity contribution in [2.75, 3.05) is 5.32 Å². The summed E-state index contributed by atoms with van der Waals surface area (Å²) < 4.78 is 0. The van der Waals surface area contributed by atoms with E-state index < -0.39 is 22.6 Å². The van der Waals surface area contributed by atoms with Crippen molar-refractivity contribution >= 4 is 23.4 Å². The van der Waals surface area contributed by atoms with E-state index in [1.807, 2.05) is 5.32 Å². The summed E-state index contributed by atoms with van der Waals surface area (Å²) in [7, 11) is 0. The maximum absolute atomic E-state index is 10.6. The topological polar surface area (TPSA) is 136 Å². The Balaban J connectivity index is 3.26. The number of nitrogens with one attached hydrogen (secondary N) is 1. The Morgan fingerprint density at radius 1 is 1.44 bits per heavy atom. The number of aromatic carboxylic acids is 1. The number of benzene rings is 1. The number of nitro benzene ring substituents is 1. The molecular formula is C8H7N3O5. The summed E-state index contributed by atoms with van der Waals surface area (Å²) in [5.41, 5.74) is 3.93. The van der Waals surface area contributed by atoms with Gasteiger partial charge in [0.1, 0.15) is 5.69 Å². The van der Waals surface area contributed by atoms with E-state index in [1.54, 1.807) is 0 Å². The summed E-state index contributed by atoms with van der Waals surface area (Å²) >= 11 is 0. The number of hydrogen-bond donors (Lipinski definition) is 3. The van der Waals surface area contributed by atoms with Crippen LogP contribution in [0.5, 0.6) is 0 Å². The van der Waals surface area contributed by atoms with Crippen molar-refractivity contribution in [3.05, 3.63) is 33.9 Å². The summed E-state index contributed by atoms with van der Waals surface area (Å²) in [6.07, 6.45) is 0. The Hall–Kier alpha value is -2.64. The lowest BCUT2D eigenvalue weighted by atomic mass is 10.1. The molecule has 0 aliphatic rings. The standard InChI is InChI=1S/C8H7N3O5/c9-8(14)10-5-3-4(7(12)13)1-2-6(5)11(15)16/h1-3H,(H,12,13)(H3,9,10,14). The minimum atomic E-state index is -1.26. The highest BCUT2D eigenvalue weighted by Crippen LogP contribution is 2.25. The monoisotopic (exact) mass is 225 g/mol. The van der Waals surface area contributed by atoms with Crippen molar-refractivity contribution in [2.24, 2.45) is 5.73 Å². The zero-order valence-electron chi connectivity index (χ0n) is 7.84. The maximum Gasteiger partial charge on any atom is 0.335 e. The Bertz CT molecular complexity index is 471. The smallest absolute Gasteiger partial charge is 0.335 e. The van der Waals surface area contributed by atoms with Gasteiger partial charge in [0.15, 0.2) is 0 Å². The van der Waals surface area contributed by atoms with Crippen LogP contribution in [0.3, 0.4) is 0 Å². The van der Waals surface area contributed by atoms with Crippen LogP contribution in [0.2, 0.25) is 0 Å². The minimum absolute atomic E-state index is 0.186. The molecule has 0 aliphatic heterocycles. The second kappa shape index (κ2) is 4.26. The van der Waals surface area contributed by atoms with Crippen molar-refractivity contribution in [1.29, 1.82) is 0 Å². The van der Waals surface area contributed by atoms with Crippen molar-refractivity contribution in [3.8, 4) is 0 Å².